The van der Waals surface area contributed by atoms with Crippen LogP contribution in [0.5, 0.6) is 11.5 Å². The van der Waals surface area contributed by atoms with E-state index >= 15 is 0 Å². The van der Waals surface area contributed by atoms with E-state index in [4.69, 9.17) is 5.73 Å². The Morgan fingerprint density at radius 2 is 1.02 bits per heavy atom. The molecule has 0 heterocycles. The van der Waals surface area contributed by atoms with Crippen LogP contribution in [0.4, 0.5) is 37.7 Å². The Labute approximate surface area is 243 Å². The first-order chi connectivity index (χ1) is 18.8. The molecule has 0 fully saturated rings. The molecule has 4 aromatic rings. The van der Waals surface area contributed by atoms with Crippen LogP contribution in [0.15, 0.2) is 106 Å². The predicted molar refractivity (Wildman–Crippen MR) is 149 cm³/mol. The number of rotatable bonds is 7. The van der Waals surface area contributed by atoms with Gasteiger partial charge in [0.05, 0.1) is 11.4 Å². The van der Waals surface area contributed by atoms with Crippen molar-refractivity contribution in [1.82, 2.24) is 0 Å². The van der Waals surface area contributed by atoms with Crippen molar-refractivity contribution in [2.45, 2.75) is 25.8 Å². The SMILES string of the molecule is FC(F)(F)Oc1cc(Br)ccc1N(Cc1ccccc1)Cc1ccccc1.Nc1ccc(Br)cc1OC(F)(F)F. The molecule has 0 saturated heterocycles. The van der Waals surface area contributed by atoms with Crippen LogP contribution in [-0.2, 0) is 13.1 Å². The molecule has 0 aliphatic heterocycles. The highest BCUT2D eigenvalue weighted by molar-refractivity contribution is 9.10. The van der Waals surface area contributed by atoms with Gasteiger partial charge in [0.1, 0.15) is 0 Å². The second kappa shape index (κ2) is 13.8. The number of hydrogen-bond acceptors (Lipinski definition) is 4. The minimum Gasteiger partial charge on any atom is -0.404 e. The molecule has 4 aromatic carbocycles. The molecular weight excluding hydrogens is 670 g/mol. The Morgan fingerprint density at radius 3 is 1.50 bits per heavy atom. The van der Waals surface area contributed by atoms with Crippen LogP contribution in [0, 0.1) is 0 Å². The van der Waals surface area contributed by atoms with Gasteiger partial charge in [-0.05, 0) is 47.5 Å². The lowest BCUT2D eigenvalue weighted by Crippen LogP contribution is -2.25. The van der Waals surface area contributed by atoms with Crippen molar-refractivity contribution in [1.29, 1.82) is 0 Å². The average Bonchev–Trinajstić information content (AvgIpc) is 2.86. The maximum absolute atomic E-state index is 12.9. The summed E-state index contributed by atoms with van der Waals surface area (Å²) in [7, 11) is 0. The number of nitrogen functional groups attached to an aromatic ring is 1. The molecule has 0 aliphatic carbocycles. The second-order valence-corrected chi connectivity index (χ2v) is 10.0. The molecule has 0 saturated carbocycles. The van der Waals surface area contributed by atoms with Gasteiger partial charge in [-0.2, -0.15) is 0 Å². The van der Waals surface area contributed by atoms with E-state index in [-0.39, 0.29) is 11.4 Å². The maximum atomic E-state index is 12.9. The number of hydrogen-bond donors (Lipinski definition) is 1. The summed E-state index contributed by atoms with van der Waals surface area (Å²) in [5.41, 5.74) is 7.56. The lowest BCUT2D eigenvalue weighted by Gasteiger charge is -2.27. The number of alkyl halides is 6. The van der Waals surface area contributed by atoms with E-state index in [1.807, 2.05) is 65.6 Å². The summed E-state index contributed by atoms with van der Waals surface area (Å²) in [6.07, 6.45) is -9.48. The fraction of sp³-hybridized carbons (Fsp3) is 0.143. The molecule has 12 heteroatoms. The highest BCUT2D eigenvalue weighted by Gasteiger charge is 2.33. The largest absolute Gasteiger partial charge is 0.573 e. The van der Waals surface area contributed by atoms with E-state index in [2.05, 4.69) is 41.3 Å². The lowest BCUT2D eigenvalue weighted by atomic mass is 10.1. The van der Waals surface area contributed by atoms with E-state index in [0.29, 0.717) is 27.7 Å². The molecule has 0 aromatic heterocycles. The molecule has 0 spiro atoms. The topological polar surface area (TPSA) is 47.7 Å². The van der Waals surface area contributed by atoms with E-state index in [1.54, 1.807) is 12.1 Å². The van der Waals surface area contributed by atoms with E-state index in [1.165, 1.54) is 18.2 Å². The van der Waals surface area contributed by atoms with Crippen molar-refractivity contribution in [3.05, 3.63) is 117 Å². The zero-order chi connectivity index (χ0) is 29.3. The number of halogens is 8. The smallest absolute Gasteiger partial charge is 0.404 e. The van der Waals surface area contributed by atoms with Crippen LogP contribution in [0.3, 0.4) is 0 Å². The Kier molecular flexibility index (Phi) is 10.7. The molecule has 4 rings (SSSR count). The fourth-order valence-corrected chi connectivity index (χ4v) is 4.19. The Hall–Kier alpha value is -3.38. The summed E-state index contributed by atoms with van der Waals surface area (Å²) < 4.78 is 83.0. The summed E-state index contributed by atoms with van der Waals surface area (Å²) in [5.74, 6) is -0.634. The molecule has 40 heavy (non-hydrogen) atoms. The van der Waals surface area contributed by atoms with Gasteiger partial charge in [0.25, 0.3) is 0 Å². The Morgan fingerprint density at radius 1 is 0.600 bits per heavy atom. The van der Waals surface area contributed by atoms with Crippen molar-refractivity contribution < 1.29 is 35.8 Å². The number of ether oxygens (including phenoxy) is 2. The summed E-state index contributed by atoms with van der Waals surface area (Å²) >= 11 is 6.22. The van der Waals surface area contributed by atoms with Crippen molar-refractivity contribution in [2.24, 2.45) is 0 Å². The molecule has 2 N–H and O–H groups in total. The quantitative estimate of drug-likeness (QED) is 0.155. The van der Waals surface area contributed by atoms with E-state index in [0.717, 1.165) is 17.2 Å². The van der Waals surface area contributed by atoms with Crippen LogP contribution >= 0.6 is 31.9 Å². The summed E-state index contributed by atoms with van der Waals surface area (Å²) in [6, 6.07) is 27.9. The minimum atomic E-state index is -4.76. The first-order valence-corrected chi connectivity index (χ1v) is 13.1. The standard InChI is InChI=1S/C21H17BrF3NO.C7H5BrF3NO/c22-18-11-12-19(20(13-18)27-21(23,24)25)26(14-16-7-3-1-4-8-16)15-17-9-5-2-6-10-17;8-4-1-2-5(12)6(3-4)13-7(9,10)11/h1-13H,14-15H2;1-3H,12H2. The Balaban J connectivity index is 0.000000285. The molecular formula is C28H22Br2F6N2O2. The van der Waals surface area contributed by atoms with Crippen LogP contribution < -0.4 is 20.1 Å². The molecule has 0 unspecified atom stereocenters. The van der Waals surface area contributed by atoms with Crippen molar-refractivity contribution >= 4 is 43.2 Å². The first-order valence-electron chi connectivity index (χ1n) is 11.5. The van der Waals surface area contributed by atoms with Crippen molar-refractivity contribution in [2.75, 3.05) is 10.6 Å². The van der Waals surface area contributed by atoms with Gasteiger partial charge in [-0.3, -0.25) is 0 Å². The van der Waals surface area contributed by atoms with Gasteiger partial charge in [-0.15, -0.1) is 26.3 Å². The highest BCUT2D eigenvalue weighted by Crippen LogP contribution is 2.37. The van der Waals surface area contributed by atoms with Crippen LogP contribution in [0.2, 0.25) is 0 Å². The third-order valence-corrected chi connectivity index (χ3v) is 6.11. The van der Waals surface area contributed by atoms with Gasteiger partial charge in [0.2, 0.25) is 0 Å². The van der Waals surface area contributed by atoms with Gasteiger partial charge in [-0.25, -0.2) is 0 Å². The van der Waals surface area contributed by atoms with E-state index < -0.39 is 18.5 Å². The summed E-state index contributed by atoms with van der Waals surface area (Å²) in [5, 5.41) is 0. The van der Waals surface area contributed by atoms with E-state index in [9.17, 15) is 26.3 Å². The third-order valence-electron chi connectivity index (χ3n) is 5.12. The molecule has 0 aliphatic rings. The fourth-order valence-electron chi connectivity index (χ4n) is 3.51. The second-order valence-electron chi connectivity index (χ2n) is 8.22. The molecule has 212 valence electrons. The number of nitrogens with two attached hydrogens (primary N) is 1. The summed E-state index contributed by atoms with van der Waals surface area (Å²) in [6.45, 7) is 0.900. The number of benzene rings is 4. The van der Waals surface area contributed by atoms with Gasteiger partial charge in [0, 0.05) is 22.0 Å². The van der Waals surface area contributed by atoms with Gasteiger partial charge in [-0.1, -0.05) is 92.5 Å². The van der Waals surface area contributed by atoms with Crippen LogP contribution in [0.25, 0.3) is 0 Å². The van der Waals surface area contributed by atoms with Gasteiger partial charge in [0.15, 0.2) is 11.5 Å². The summed E-state index contributed by atoms with van der Waals surface area (Å²) in [4.78, 5) is 1.87. The first kappa shape index (κ1) is 31.2. The molecule has 0 amide bonds. The zero-order valence-corrected chi connectivity index (χ0v) is 23.7. The predicted octanol–water partition coefficient (Wildman–Crippen LogP) is 9.48. The molecule has 0 radical (unpaired) electrons. The minimum absolute atomic E-state index is 0.0551. The molecule has 4 nitrogen and oxygen atoms in total. The molecule has 0 atom stereocenters. The van der Waals surface area contributed by atoms with Gasteiger partial charge >= 0.3 is 12.7 Å². The maximum Gasteiger partial charge on any atom is 0.573 e. The van der Waals surface area contributed by atoms with Crippen molar-refractivity contribution in [3.8, 4) is 11.5 Å². The van der Waals surface area contributed by atoms with Crippen LogP contribution in [-0.4, -0.2) is 12.7 Å². The normalized spacial score (nSPS) is 11.3. The monoisotopic (exact) mass is 690 g/mol. The zero-order valence-electron chi connectivity index (χ0n) is 20.5. The molecule has 0 bridgehead atoms. The highest BCUT2D eigenvalue weighted by atomic mass is 79.9. The van der Waals surface area contributed by atoms with Gasteiger partial charge < -0.3 is 20.1 Å². The third kappa shape index (κ3) is 10.6. The number of anilines is 2. The van der Waals surface area contributed by atoms with Crippen molar-refractivity contribution in [3.63, 3.8) is 0 Å². The average molecular weight is 692 g/mol. The lowest BCUT2D eigenvalue weighted by molar-refractivity contribution is -0.275. The number of nitrogens with zero attached hydrogens (tertiary/aromatic N) is 1. The Bertz CT molecular complexity index is 1330. The van der Waals surface area contributed by atoms with Crippen LogP contribution in [0.1, 0.15) is 11.1 Å².